The zero-order valence-corrected chi connectivity index (χ0v) is 10.9. The number of rotatable bonds is 5. The largest absolute Gasteiger partial charge is 0.467 e. The van der Waals surface area contributed by atoms with E-state index >= 15 is 0 Å². The molecule has 0 fully saturated rings. The first-order valence-electron chi connectivity index (χ1n) is 5.78. The third-order valence-electron chi connectivity index (χ3n) is 2.68. The van der Waals surface area contributed by atoms with Crippen LogP contribution in [0.3, 0.4) is 0 Å². The van der Waals surface area contributed by atoms with E-state index in [1.165, 1.54) is 13.3 Å². The second-order valence-corrected chi connectivity index (χ2v) is 4.24. The number of hydrogen-bond donors (Lipinski definition) is 1. The first kappa shape index (κ1) is 14.0. The van der Waals surface area contributed by atoms with Gasteiger partial charge < -0.3 is 10.1 Å². The Morgan fingerprint density at radius 2 is 2.33 bits per heavy atom. The SMILES string of the molecule is CCCC(C)(Nc1ccc(C#N)nc1)C(=O)OC. The summed E-state index contributed by atoms with van der Waals surface area (Å²) in [6.45, 7) is 3.79. The highest BCUT2D eigenvalue weighted by molar-refractivity contribution is 5.83. The van der Waals surface area contributed by atoms with Gasteiger partial charge in [-0.2, -0.15) is 5.26 Å². The minimum atomic E-state index is -0.778. The van der Waals surface area contributed by atoms with Gasteiger partial charge in [0.15, 0.2) is 0 Å². The number of ether oxygens (including phenoxy) is 1. The van der Waals surface area contributed by atoms with Crippen LogP contribution in [0.4, 0.5) is 5.69 Å². The highest BCUT2D eigenvalue weighted by Gasteiger charge is 2.33. The molecule has 1 rings (SSSR count). The van der Waals surface area contributed by atoms with Crippen molar-refractivity contribution in [3.05, 3.63) is 24.0 Å². The molecule has 0 aliphatic rings. The standard InChI is InChI=1S/C13H17N3O2/c1-4-7-13(2,12(17)18-3)16-11-6-5-10(8-14)15-9-11/h5-6,9,16H,4,7H2,1-3H3. The number of anilines is 1. The van der Waals surface area contributed by atoms with Crippen LogP contribution >= 0.6 is 0 Å². The Labute approximate surface area is 107 Å². The summed E-state index contributed by atoms with van der Waals surface area (Å²) in [7, 11) is 1.37. The molecule has 1 heterocycles. The van der Waals surface area contributed by atoms with Crippen molar-refractivity contribution in [2.75, 3.05) is 12.4 Å². The van der Waals surface area contributed by atoms with Crippen molar-refractivity contribution in [1.82, 2.24) is 4.98 Å². The number of carbonyl (C=O) groups excluding carboxylic acids is 1. The van der Waals surface area contributed by atoms with Gasteiger partial charge in [0, 0.05) is 0 Å². The summed E-state index contributed by atoms with van der Waals surface area (Å²) in [4.78, 5) is 15.7. The summed E-state index contributed by atoms with van der Waals surface area (Å²) in [6, 6.07) is 5.27. The Morgan fingerprint density at radius 1 is 1.61 bits per heavy atom. The number of nitrogens with one attached hydrogen (secondary N) is 1. The fourth-order valence-electron chi connectivity index (χ4n) is 1.79. The van der Waals surface area contributed by atoms with Crippen molar-refractivity contribution in [1.29, 1.82) is 5.26 Å². The van der Waals surface area contributed by atoms with E-state index in [1.54, 1.807) is 19.1 Å². The number of nitrogens with zero attached hydrogens (tertiary/aromatic N) is 2. The summed E-state index contributed by atoms with van der Waals surface area (Å²) in [5.41, 5.74) is 0.255. The third kappa shape index (κ3) is 3.20. The zero-order chi connectivity index (χ0) is 13.6. The number of pyridine rings is 1. The van der Waals surface area contributed by atoms with Gasteiger partial charge in [-0.3, -0.25) is 0 Å². The maximum Gasteiger partial charge on any atom is 0.331 e. The number of esters is 1. The Hall–Kier alpha value is -2.09. The van der Waals surface area contributed by atoms with Crippen LogP contribution in [0.25, 0.3) is 0 Å². The Bertz CT molecular complexity index is 450. The van der Waals surface area contributed by atoms with Crippen LogP contribution in [0.1, 0.15) is 32.4 Å². The summed E-state index contributed by atoms with van der Waals surface area (Å²) in [5, 5.41) is 11.8. The number of methoxy groups -OCH3 is 1. The molecule has 0 aliphatic heterocycles. The molecule has 1 atom stereocenters. The minimum absolute atomic E-state index is 0.311. The fraction of sp³-hybridized carbons (Fsp3) is 0.462. The van der Waals surface area contributed by atoms with E-state index < -0.39 is 5.54 Å². The van der Waals surface area contributed by atoms with E-state index in [9.17, 15) is 4.79 Å². The highest BCUT2D eigenvalue weighted by atomic mass is 16.5. The van der Waals surface area contributed by atoms with Gasteiger partial charge in [0.25, 0.3) is 0 Å². The molecule has 0 bridgehead atoms. The monoisotopic (exact) mass is 247 g/mol. The lowest BCUT2D eigenvalue weighted by Gasteiger charge is -2.28. The lowest BCUT2D eigenvalue weighted by molar-refractivity contribution is -0.145. The maximum atomic E-state index is 11.8. The molecule has 1 aromatic rings. The average molecular weight is 247 g/mol. The molecule has 5 nitrogen and oxygen atoms in total. The van der Waals surface area contributed by atoms with Crippen LogP contribution < -0.4 is 5.32 Å². The van der Waals surface area contributed by atoms with Gasteiger partial charge in [0.05, 0.1) is 19.0 Å². The van der Waals surface area contributed by atoms with Crippen LogP contribution in [0, 0.1) is 11.3 Å². The van der Waals surface area contributed by atoms with Gasteiger partial charge in [-0.1, -0.05) is 13.3 Å². The van der Waals surface area contributed by atoms with Crippen LogP contribution in [-0.2, 0) is 9.53 Å². The number of hydrogen-bond acceptors (Lipinski definition) is 5. The summed E-state index contributed by atoms with van der Waals surface area (Å²) >= 11 is 0. The maximum absolute atomic E-state index is 11.8. The smallest absolute Gasteiger partial charge is 0.331 e. The van der Waals surface area contributed by atoms with Gasteiger partial charge in [0.2, 0.25) is 0 Å². The van der Waals surface area contributed by atoms with E-state index in [0.29, 0.717) is 17.8 Å². The molecule has 0 saturated heterocycles. The summed E-state index contributed by atoms with van der Waals surface area (Å²) in [6.07, 6.45) is 3.04. The molecule has 96 valence electrons. The highest BCUT2D eigenvalue weighted by Crippen LogP contribution is 2.21. The number of carbonyl (C=O) groups is 1. The first-order valence-corrected chi connectivity index (χ1v) is 5.78. The number of aromatic nitrogens is 1. The molecule has 18 heavy (non-hydrogen) atoms. The first-order chi connectivity index (χ1) is 8.55. The fourth-order valence-corrected chi connectivity index (χ4v) is 1.79. The van der Waals surface area contributed by atoms with Crippen molar-refractivity contribution < 1.29 is 9.53 Å². The molecular formula is C13H17N3O2. The van der Waals surface area contributed by atoms with E-state index in [4.69, 9.17) is 10.00 Å². The molecule has 0 aliphatic carbocycles. The molecule has 0 saturated carbocycles. The minimum Gasteiger partial charge on any atom is -0.467 e. The lowest BCUT2D eigenvalue weighted by atomic mass is 9.96. The number of nitriles is 1. The van der Waals surface area contributed by atoms with Gasteiger partial charge in [-0.15, -0.1) is 0 Å². The Kier molecular flexibility index (Phi) is 4.67. The summed E-state index contributed by atoms with van der Waals surface area (Å²) < 4.78 is 4.81. The van der Waals surface area contributed by atoms with Gasteiger partial charge in [-0.05, 0) is 25.5 Å². The van der Waals surface area contributed by atoms with E-state index in [-0.39, 0.29) is 5.97 Å². The second-order valence-electron chi connectivity index (χ2n) is 4.24. The van der Waals surface area contributed by atoms with Gasteiger partial charge in [0.1, 0.15) is 17.3 Å². The molecule has 1 unspecified atom stereocenters. The molecule has 5 heteroatoms. The van der Waals surface area contributed by atoms with Crippen LogP contribution in [0.15, 0.2) is 18.3 Å². The summed E-state index contributed by atoms with van der Waals surface area (Å²) in [5.74, 6) is -0.311. The van der Waals surface area contributed by atoms with Crippen molar-refractivity contribution in [2.45, 2.75) is 32.2 Å². The topological polar surface area (TPSA) is 75.0 Å². The van der Waals surface area contributed by atoms with Crippen LogP contribution in [-0.4, -0.2) is 23.6 Å². The molecule has 0 spiro atoms. The van der Waals surface area contributed by atoms with Crippen molar-refractivity contribution in [3.63, 3.8) is 0 Å². The zero-order valence-electron chi connectivity index (χ0n) is 10.9. The predicted molar refractivity (Wildman–Crippen MR) is 67.9 cm³/mol. The third-order valence-corrected chi connectivity index (χ3v) is 2.68. The molecule has 0 radical (unpaired) electrons. The molecular weight excluding hydrogens is 230 g/mol. The second kappa shape index (κ2) is 6.01. The van der Waals surface area contributed by atoms with Crippen molar-refractivity contribution in [3.8, 4) is 6.07 Å². The Balaban J connectivity index is 2.89. The van der Waals surface area contributed by atoms with E-state index in [0.717, 1.165) is 6.42 Å². The van der Waals surface area contributed by atoms with Crippen LogP contribution in [0.5, 0.6) is 0 Å². The lowest BCUT2D eigenvalue weighted by Crippen LogP contribution is -2.44. The van der Waals surface area contributed by atoms with Gasteiger partial charge >= 0.3 is 5.97 Å². The van der Waals surface area contributed by atoms with E-state index in [1.807, 2.05) is 13.0 Å². The molecule has 1 N–H and O–H groups in total. The van der Waals surface area contributed by atoms with E-state index in [2.05, 4.69) is 10.3 Å². The van der Waals surface area contributed by atoms with Crippen molar-refractivity contribution in [2.24, 2.45) is 0 Å². The quantitative estimate of drug-likeness (QED) is 0.806. The van der Waals surface area contributed by atoms with Crippen LogP contribution in [0.2, 0.25) is 0 Å². The Morgan fingerprint density at radius 3 is 2.78 bits per heavy atom. The average Bonchev–Trinajstić information content (AvgIpc) is 2.39. The normalized spacial score (nSPS) is 13.2. The van der Waals surface area contributed by atoms with Crippen molar-refractivity contribution >= 4 is 11.7 Å². The molecule has 0 amide bonds. The molecule has 0 aromatic carbocycles. The van der Waals surface area contributed by atoms with Gasteiger partial charge in [-0.25, -0.2) is 9.78 Å². The predicted octanol–water partition coefficient (Wildman–Crippen LogP) is 2.10. The molecule has 1 aromatic heterocycles.